The molecule has 4 rings (SSSR count). The highest BCUT2D eigenvalue weighted by atomic mass is 35.5. The van der Waals surface area contributed by atoms with Crippen LogP contribution in [0.4, 0.5) is 0 Å². The minimum absolute atomic E-state index is 0.102. The smallest absolute Gasteiger partial charge is 0.349 e. The first-order chi connectivity index (χ1) is 14.4. The summed E-state index contributed by atoms with van der Waals surface area (Å²) in [5, 5.41) is 0.989. The maximum absolute atomic E-state index is 13.0. The van der Waals surface area contributed by atoms with E-state index < -0.39 is 12.1 Å². The number of ketones is 1. The molecule has 0 amide bonds. The number of hydrogen-bond donors (Lipinski definition) is 0. The highest BCUT2D eigenvalue weighted by molar-refractivity contribution is 7.20. The van der Waals surface area contributed by atoms with Gasteiger partial charge in [0.05, 0.1) is 5.39 Å². The third kappa shape index (κ3) is 3.79. The molecule has 0 fully saturated rings. The first-order valence-corrected chi connectivity index (χ1v) is 11.1. The van der Waals surface area contributed by atoms with E-state index in [9.17, 15) is 14.4 Å². The minimum atomic E-state index is -0.964. The van der Waals surface area contributed by atoms with E-state index in [1.54, 1.807) is 35.8 Å². The molecule has 1 aliphatic rings. The van der Waals surface area contributed by atoms with Crippen LogP contribution in [0.15, 0.2) is 29.1 Å². The molecule has 0 aliphatic carbocycles. The van der Waals surface area contributed by atoms with Crippen LogP contribution >= 0.6 is 22.9 Å². The van der Waals surface area contributed by atoms with Gasteiger partial charge in [0.2, 0.25) is 5.78 Å². The lowest BCUT2D eigenvalue weighted by Crippen LogP contribution is -2.25. The number of halogens is 1. The summed E-state index contributed by atoms with van der Waals surface area (Å²) in [5.41, 5.74) is 0.870. The zero-order valence-electron chi connectivity index (χ0n) is 16.7. The van der Waals surface area contributed by atoms with Crippen molar-refractivity contribution in [3.63, 3.8) is 0 Å². The van der Waals surface area contributed by atoms with Crippen molar-refractivity contribution in [1.29, 1.82) is 0 Å². The molecular formula is C22H21ClN2O4S. The molecule has 0 N–H and O–H groups in total. The number of esters is 1. The molecular weight excluding hydrogens is 424 g/mol. The number of benzene rings is 1. The molecule has 0 spiro atoms. The fraction of sp³-hybridized carbons (Fsp3) is 0.364. The molecule has 1 unspecified atom stereocenters. The van der Waals surface area contributed by atoms with Gasteiger partial charge < -0.3 is 4.74 Å². The normalized spacial score (nSPS) is 14.8. The standard InChI is InChI=1S/C22H21ClN2O4S/c1-12-17-20(24-16-6-4-3-5-11-25(16)21(17)27)30-19(12)22(28)29-13(2)18(26)14-7-9-15(23)10-8-14/h7-10,13H,3-6,11H2,1-2H3. The largest absolute Gasteiger partial charge is 0.450 e. The predicted octanol–water partition coefficient (Wildman–Crippen LogP) is 4.57. The Morgan fingerprint density at radius 2 is 1.93 bits per heavy atom. The number of Topliss-reactive ketones (excluding diaryl/α,β-unsaturated/α-hetero) is 1. The summed E-state index contributed by atoms with van der Waals surface area (Å²) in [5.74, 6) is -0.161. The molecule has 0 saturated heterocycles. The summed E-state index contributed by atoms with van der Waals surface area (Å²) in [6, 6.07) is 6.42. The first kappa shape index (κ1) is 20.8. The lowest BCUT2D eigenvalue weighted by Gasteiger charge is -2.12. The number of carbonyl (C=O) groups is 2. The van der Waals surface area contributed by atoms with Crippen LogP contribution in [-0.4, -0.2) is 27.4 Å². The average molecular weight is 445 g/mol. The number of aromatic nitrogens is 2. The quantitative estimate of drug-likeness (QED) is 0.435. The third-order valence-corrected chi connectivity index (χ3v) is 6.80. The van der Waals surface area contributed by atoms with Crippen molar-refractivity contribution in [2.24, 2.45) is 0 Å². The fourth-order valence-corrected chi connectivity index (χ4v) is 4.92. The Bertz CT molecular complexity index is 1200. The predicted molar refractivity (Wildman–Crippen MR) is 117 cm³/mol. The number of nitrogens with zero attached hydrogens (tertiary/aromatic N) is 2. The number of hydrogen-bond acceptors (Lipinski definition) is 6. The van der Waals surface area contributed by atoms with Gasteiger partial charge in [0.15, 0.2) is 6.10 Å². The fourth-order valence-electron chi connectivity index (χ4n) is 3.72. The zero-order valence-corrected chi connectivity index (χ0v) is 18.3. The van der Waals surface area contributed by atoms with Gasteiger partial charge in [0.1, 0.15) is 15.5 Å². The average Bonchev–Trinajstić information content (AvgIpc) is 2.89. The van der Waals surface area contributed by atoms with Crippen molar-refractivity contribution in [2.45, 2.75) is 52.2 Å². The Kier molecular flexibility index (Phi) is 5.75. The highest BCUT2D eigenvalue weighted by Gasteiger charge is 2.26. The molecule has 0 saturated carbocycles. The summed E-state index contributed by atoms with van der Waals surface area (Å²) in [6.07, 6.45) is 2.82. The highest BCUT2D eigenvalue weighted by Crippen LogP contribution is 2.29. The number of fused-ring (bicyclic) bond motifs is 2. The SMILES string of the molecule is Cc1c(C(=O)OC(C)C(=O)c2ccc(Cl)cc2)sc2nc3n(c(=O)c12)CCCCC3. The second-order valence-electron chi connectivity index (χ2n) is 7.45. The first-order valence-electron chi connectivity index (χ1n) is 9.90. The van der Waals surface area contributed by atoms with Crippen molar-refractivity contribution < 1.29 is 14.3 Å². The number of thiophene rings is 1. The molecule has 8 heteroatoms. The molecule has 0 radical (unpaired) electrons. The van der Waals surface area contributed by atoms with E-state index >= 15 is 0 Å². The van der Waals surface area contributed by atoms with Crippen LogP contribution in [0.25, 0.3) is 10.2 Å². The van der Waals surface area contributed by atoms with Crippen LogP contribution < -0.4 is 5.56 Å². The van der Waals surface area contributed by atoms with E-state index in [0.717, 1.165) is 42.8 Å². The molecule has 0 bridgehead atoms. The minimum Gasteiger partial charge on any atom is -0.450 e. The number of rotatable bonds is 4. The zero-order chi connectivity index (χ0) is 21.4. The van der Waals surface area contributed by atoms with E-state index in [-0.39, 0.29) is 11.3 Å². The number of aryl methyl sites for hydroxylation is 2. The lowest BCUT2D eigenvalue weighted by atomic mass is 10.1. The summed E-state index contributed by atoms with van der Waals surface area (Å²) >= 11 is 7.01. The van der Waals surface area contributed by atoms with Crippen LogP contribution in [-0.2, 0) is 17.7 Å². The van der Waals surface area contributed by atoms with Crippen molar-refractivity contribution in [1.82, 2.24) is 9.55 Å². The van der Waals surface area contributed by atoms with E-state index in [0.29, 0.717) is 37.8 Å². The van der Waals surface area contributed by atoms with Crippen LogP contribution in [0.3, 0.4) is 0 Å². The Morgan fingerprint density at radius 3 is 2.67 bits per heavy atom. The van der Waals surface area contributed by atoms with E-state index in [1.807, 2.05) is 0 Å². The van der Waals surface area contributed by atoms with Crippen LogP contribution in [0.2, 0.25) is 5.02 Å². The molecule has 3 heterocycles. The van der Waals surface area contributed by atoms with Crippen molar-refractivity contribution >= 4 is 44.9 Å². The molecule has 1 aliphatic heterocycles. The second kappa shape index (κ2) is 8.32. The van der Waals surface area contributed by atoms with Gasteiger partial charge in [0.25, 0.3) is 5.56 Å². The van der Waals surface area contributed by atoms with E-state index in [2.05, 4.69) is 4.98 Å². The Hall–Kier alpha value is -2.51. The van der Waals surface area contributed by atoms with Gasteiger partial charge in [-0.3, -0.25) is 14.2 Å². The Labute approximate surface area is 182 Å². The molecule has 30 heavy (non-hydrogen) atoms. The second-order valence-corrected chi connectivity index (χ2v) is 8.89. The summed E-state index contributed by atoms with van der Waals surface area (Å²) in [7, 11) is 0. The monoisotopic (exact) mass is 444 g/mol. The van der Waals surface area contributed by atoms with E-state index in [1.165, 1.54) is 6.92 Å². The Morgan fingerprint density at radius 1 is 1.20 bits per heavy atom. The molecule has 6 nitrogen and oxygen atoms in total. The van der Waals surface area contributed by atoms with Crippen molar-refractivity contribution in [3.05, 3.63) is 61.5 Å². The number of carbonyl (C=O) groups excluding carboxylic acids is 2. The van der Waals surface area contributed by atoms with Gasteiger partial charge in [0, 0.05) is 23.6 Å². The topological polar surface area (TPSA) is 78.3 Å². The summed E-state index contributed by atoms with van der Waals surface area (Å²) in [4.78, 5) is 43.9. The molecule has 3 aromatic rings. The van der Waals surface area contributed by atoms with Crippen LogP contribution in [0.5, 0.6) is 0 Å². The van der Waals surface area contributed by atoms with Gasteiger partial charge in [-0.1, -0.05) is 18.0 Å². The maximum atomic E-state index is 13.0. The van der Waals surface area contributed by atoms with Gasteiger partial charge in [-0.2, -0.15) is 0 Å². The lowest BCUT2D eigenvalue weighted by molar-refractivity contribution is 0.0323. The molecule has 1 atom stereocenters. The van der Waals surface area contributed by atoms with Gasteiger partial charge in [-0.25, -0.2) is 9.78 Å². The summed E-state index contributed by atoms with van der Waals surface area (Å²) in [6.45, 7) is 3.92. The molecule has 1 aromatic carbocycles. The van der Waals surface area contributed by atoms with Crippen LogP contribution in [0.1, 0.15) is 57.6 Å². The maximum Gasteiger partial charge on any atom is 0.349 e. The van der Waals surface area contributed by atoms with Crippen molar-refractivity contribution in [3.8, 4) is 0 Å². The third-order valence-electron chi connectivity index (χ3n) is 5.38. The van der Waals surface area contributed by atoms with Gasteiger partial charge in [-0.15, -0.1) is 11.3 Å². The number of ether oxygens (including phenoxy) is 1. The van der Waals surface area contributed by atoms with Gasteiger partial charge >= 0.3 is 5.97 Å². The Balaban J connectivity index is 1.62. The van der Waals surface area contributed by atoms with Gasteiger partial charge in [-0.05, 0) is 56.5 Å². The van der Waals surface area contributed by atoms with Crippen molar-refractivity contribution in [2.75, 3.05) is 0 Å². The van der Waals surface area contributed by atoms with E-state index in [4.69, 9.17) is 16.3 Å². The van der Waals surface area contributed by atoms with Crippen LogP contribution in [0, 0.1) is 6.92 Å². The molecule has 156 valence electrons. The molecule has 2 aromatic heterocycles. The summed E-state index contributed by atoms with van der Waals surface area (Å²) < 4.78 is 7.16.